The maximum absolute atomic E-state index is 13.2. The topological polar surface area (TPSA) is 18.5 Å². The number of hydrogen-bond donors (Lipinski definition) is 0. The van der Waals surface area contributed by atoms with Crippen LogP contribution in [0.25, 0.3) is 6.08 Å². The number of alkyl halides is 6. The molecule has 2 nitrogen and oxygen atoms in total. The van der Waals surface area contributed by atoms with E-state index in [2.05, 4.69) is 16.1 Å². The lowest BCUT2D eigenvalue weighted by molar-refractivity contribution is -0.401. The highest BCUT2D eigenvalue weighted by Crippen LogP contribution is 2.52. The molecule has 0 atom stereocenters. The van der Waals surface area contributed by atoms with Crippen molar-refractivity contribution < 1.29 is 35.8 Å². The van der Waals surface area contributed by atoms with E-state index in [0.717, 1.165) is 12.1 Å². The fraction of sp³-hybridized carbons (Fsp3) is 0.429. The summed E-state index contributed by atoms with van der Waals surface area (Å²) in [6, 6.07) is 3.62. The van der Waals surface area contributed by atoms with Gasteiger partial charge >= 0.3 is 12.4 Å². The van der Waals surface area contributed by atoms with Crippen LogP contribution in [0, 0.1) is 0 Å². The van der Waals surface area contributed by atoms with E-state index < -0.39 is 30.3 Å². The fourth-order valence-corrected chi connectivity index (χ4v) is 1.80. The van der Waals surface area contributed by atoms with Crippen molar-refractivity contribution in [2.24, 2.45) is 0 Å². The third kappa shape index (κ3) is 3.44. The monoisotopic (exact) mass is 328 g/mol. The first-order valence-corrected chi connectivity index (χ1v) is 6.18. The fourth-order valence-electron chi connectivity index (χ4n) is 1.80. The summed E-state index contributed by atoms with van der Waals surface area (Å²) in [6.07, 6.45) is -10.1. The lowest BCUT2D eigenvalue weighted by Crippen LogP contribution is -2.56. The van der Waals surface area contributed by atoms with Crippen LogP contribution in [0.3, 0.4) is 0 Å². The molecule has 8 heteroatoms. The Kier molecular flexibility index (Phi) is 5.64. The summed E-state index contributed by atoms with van der Waals surface area (Å²) in [5.74, 6) is 0. The summed E-state index contributed by atoms with van der Waals surface area (Å²) in [4.78, 5) is 0. The second-order valence-electron chi connectivity index (χ2n) is 4.26. The Labute approximate surface area is 123 Å². The van der Waals surface area contributed by atoms with Crippen LogP contribution in [0.4, 0.5) is 26.3 Å². The van der Waals surface area contributed by atoms with Gasteiger partial charge in [-0.25, -0.2) is 0 Å². The molecule has 0 radical (unpaired) electrons. The zero-order valence-electron chi connectivity index (χ0n) is 11.6. The van der Waals surface area contributed by atoms with Crippen molar-refractivity contribution in [1.29, 1.82) is 0 Å². The second-order valence-corrected chi connectivity index (χ2v) is 4.26. The van der Waals surface area contributed by atoms with Gasteiger partial charge in [0.15, 0.2) is 0 Å². The number of benzene rings is 1. The number of rotatable bonds is 6. The van der Waals surface area contributed by atoms with E-state index in [1.807, 2.05) is 0 Å². The molecule has 0 aliphatic heterocycles. The Hall–Kier alpha value is -1.54. The Bertz CT molecular complexity index is 476. The Balaban J connectivity index is 3.43. The molecule has 1 rings (SSSR count). The molecule has 0 unspecified atom stereocenters. The average Bonchev–Trinajstić information content (AvgIpc) is 2.41. The van der Waals surface area contributed by atoms with Gasteiger partial charge in [0, 0.05) is 12.2 Å². The minimum atomic E-state index is -5.71. The van der Waals surface area contributed by atoms with Gasteiger partial charge < -0.3 is 9.47 Å². The molecule has 22 heavy (non-hydrogen) atoms. The standard InChI is InChI=1S/C14H14F6O2/c1-3-10-5-7-11(8-6-10)12(13(15,16)17,14(18,19)20)22-9-21-4-2/h3,5-8H,1,4,9H2,2H3. The van der Waals surface area contributed by atoms with Crippen LogP contribution in [-0.4, -0.2) is 25.8 Å². The maximum atomic E-state index is 13.2. The van der Waals surface area contributed by atoms with Crippen molar-refractivity contribution in [2.45, 2.75) is 24.9 Å². The lowest BCUT2D eigenvalue weighted by Gasteiger charge is -2.37. The van der Waals surface area contributed by atoms with Gasteiger partial charge in [-0.2, -0.15) is 26.3 Å². The summed E-state index contributed by atoms with van der Waals surface area (Å²) < 4.78 is 88.1. The highest BCUT2D eigenvalue weighted by molar-refractivity contribution is 5.48. The number of halogens is 6. The van der Waals surface area contributed by atoms with Gasteiger partial charge in [-0.05, 0) is 12.5 Å². The predicted octanol–water partition coefficient (Wildman–Crippen LogP) is 4.66. The van der Waals surface area contributed by atoms with Crippen LogP contribution >= 0.6 is 0 Å². The van der Waals surface area contributed by atoms with Gasteiger partial charge in [0.25, 0.3) is 5.60 Å². The summed E-state index contributed by atoms with van der Waals surface area (Å²) in [5.41, 5.74) is -5.14. The van der Waals surface area contributed by atoms with Crippen LogP contribution in [-0.2, 0) is 15.1 Å². The van der Waals surface area contributed by atoms with Crippen molar-refractivity contribution in [3.05, 3.63) is 42.0 Å². The van der Waals surface area contributed by atoms with E-state index >= 15 is 0 Å². The van der Waals surface area contributed by atoms with Gasteiger partial charge in [0.1, 0.15) is 6.79 Å². The smallest absolute Gasteiger partial charge is 0.356 e. The molecule has 0 fully saturated rings. The first-order valence-electron chi connectivity index (χ1n) is 6.18. The van der Waals surface area contributed by atoms with Crippen molar-refractivity contribution in [3.63, 3.8) is 0 Å². The van der Waals surface area contributed by atoms with Gasteiger partial charge in [-0.15, -0.1) is 0 Å². The van der Waals surface area contributed by atoms with E-state index in [0.29, 0.717) is 17.7 Å². The quantitative estimate of drug-likeness (QED) is 0.429. The van der Waals surface area contributed by atoms with E-state index in [-0.39, 0.29) is 6.61 Å². The summed E-state index contributed by atoms with van der Waals surface area (Å²) in [7, 11) is 0. The van der Waals surface area contributed by atoms with Crippen LogP contribution in [0.5, 0.6) is 0 Å². The maximum Gasteiger partial charge on any atom is 0.430 e. The van der Waals surface area contributed by atoms with E-state index in [1.165, 1.54) is 13.0 Å². The first-order chi connectivity index (χ1) is 10.1. The van der Waals surface area contributed by atoms with Gasteiger partial charge in [-0.3, -0.25) is 0 Å². The van der Waals surface area contributed by atoms with E-state index in [4.69, 9.17) is 0 Å². The number of hydrogen-bond acceptors (Lipinski definition) is 2. The highest BCUT2D eigenvalue weighted by Gasteiger charge is 2.73. The molecule has 0 saturated heterocycles. The number of ether oxygens (including phenoxy) is 2. The molecule has 0 N–H and O–H groups in total. The zero-order chi connectivity index (χ0) is 17.0. The predicted molar refractivity (Wildman–Crippen MR) is 67.9 cm³/mol. The molecule has 0 aromatic heterocycles. The summed E-state index contributed by atoms with van der Waals surface area (Å²) >= 11 is 0. The zero-order valence-corrected chi connectivity index (χ0v) is 11.6. The minimum Gasteiger partial charge on any atom is -0.356 e. The Morgan fingerprint density at radius 1 is 1.00 bits per heavy atom. The van der Waals surface area contributed by atoms with Gasteiger partial charge in [0.2, 0.25) is 0 Å². The van der Waals surface area contributed by atoms with E-state index in [9.17, 15) is 26.3 Å². The van der Waals surface area contributed by atoms with Gasteiger partial charge in [0.05, 0.1) is 0 Å². The molecular formula is C14H14F6O2. The summed E-state index contributed by atoms with van der Waals surface area (Å²) in [6.45, 7) is 3.58. The van der Waals surface area contributed by atoms with E-state index in [1.54, 1.807) is 0 Å². The van der Waals surface area contributed by atoms with Crippen LogP contribution in [0.1, 0.15) is 18.1 Å². The van der Waals surface area contributed by atoms with Crippen LogP contribution < -0.4 is 0 Å². The SMILES string of the molecule is C=Cc1ccc(C(OCOCC)(C(F)(F)F)C(F)(F)F)cc1. The average molecular weight is 328 g/mol. The molecule has 0 aliphatic carbocycles. The minimum absolute atomic E-state index is 0.0821. The second kappa shape index (κ2) is 6.70. The Morgan fingerprint density at radius 3 is 1.86 bits per heavy atom. The molecule has 0 heterocycles. The Morgan fingerprint density at radius 2 is 1.50 bits per heavy atom. The van der Waals surface area contributed by atoms with Crippen molar-refractivity contribution in [1.82, 2.24) is 0 Å². The lowest BCUT2D eigenvalue weighted by atomic mass is 9.91. The van der Waals surface area contributed by atoms with Crippen molar-refractivity contribution >= 4 is 6.08 Å². The molecule has 1 aromatic rings. The van der Waals surface area contributed by atoms with Crippen molar-refractivity contribution in [3.8, 4) is 0 Å². The highest BCUT2D eigenvalue weighted by atomic mass is 19.4. The third-order valence-corrected chi connectivity index (χ3v) is 2.91. The van der Waals surface area contributed by atoms with Gasteiger partial charge in [-0.1, -0.05) is 36.9 Å². The molecule has 0 bridgehead atoms. The van der Waals surface area contributed by atoms with Crippen molar-refractivity contribution in [2.75, 3.05) is 13.4 Å². The molecule has 1 aromatic carbocycles. The molecule has 0 saturated carbocycles. The van der Waals surface area contributed by atoms with Crippen LogP contribution in [0.15, 0.2) is 30.8 Å². The summed E-state index contributed by atoms with van der Waals surface area (Å²) in [5, 5.41) is 0. The molecule has 0 spiro atoms. The molecular weight excluding hydrogens is 314 g/mol. The normalized spacial score (nSPS) is 13.2. The third-order valence-electron chi connectivity index (χ3n) is 2.91. The molecule has 124 valence electrons. The first kappa shape index (κ1) is 18.5. The molecule has 0 amide bonds. The molecule has 0 aliphatic rings. The largest absolute Gasteiger partial charge is 0.430 e. The van der Waals surface area contributed by atoms with Crippen LogP contribution in [0.2, 0.25) is 0 Å².